The number of aliphatic hydroxyl groups excluding tert-OH is 1. The Morgan fingerprint density at radius 3 is 3.08 bits per heavy atom. The summed E-state index contributed by atoms with van der Waals surface area (Å²) in [5, 5.41) is 11.6. The molecule has 0 bridgehead atoms. The zero-order valence-corrected chi connectivity index (χ0v) is 7.55. The van der Waals surface area contributed by atoms with Gasteiger partial charge in [0.25, 0.3) is 0 Å². The minimum absolute atomic E-state index is 0.163. The standard InChI is InChI=1S/C9H17NO2/c1-7(6-11)4-8-2-3-10-9(12)5-8/h7-8,11H,2-6H2,1H3,(H,10,12). The van der Waals surface area contributed by atoms with Crippen LogP contribution in [0.3, 0.4) is 0 Å². The van der Waals surface area contributed by atoms with Crippen molar-refractivity contribution in [3.8, 4) is 0 Å². The van der Waals surface area contributed by atoms with Crippen molar-refractivity contribution >= 4 is 5.91 Å². The summed E-state index contributed by atoms with van der Waals surface area (Å²) in [5.74, 6) is 0.984. The summed E-state index contributed by atoms with van der Waals surface area (Å²) < 4.78 is 0. The SMILES string of the molecule is CC(CO)CC1CCNC(=O)C1. The predicted molar refractivity (Wildman–Crippen MR) is 46.6 cm³/mol. The van der Waals surface area contributed by atoms with E-state index < -0.39 is 0 Å². The molecule has 0 aromatic carbocycles. The molecule has 3 nitrogen and oxygen atoms in total. The van der Waals surface area contributed by atoms with Crippen molar-refractivity contribution in [2.75, 3.05) is 13.2 Å². The van der Waals surface area contributed by atoms with E-state index in [4.69, 9.17) is 5.11 Å². The maximum absolute atomic E-state index is 11.0. The molecule has 0 aromatic heterocycles. The number of carbonyl (C=O) groups excluding carboxylic acids is 1. The topological polar surface area (TPSA) is 49.3 Å². The summed E-state index contributed by atoms with van der Waals surface area (Å²) >= 11 is 0. The van der Waals surface area contributed by atoms with Crippen molar-refractivity contribution in [1.29, 1.82) is 0 Å². The number of nitrogens with one attached hydrogen (secondary N) is 1. The number of hydrogen-bond acceptors (Lipinski definition) is 2. The van der Waals surface area contributed by atoms with Gasteiger partial charge in [-0.15, -0.1) is 0 Å². The lowest BCUT2D eigenvalue weighted by Crippen LogP contribution is -2.34. The molecule has 0 aromatic rings. The number of carbonyl (C=O) groups is 1. The first kappa shape index (κ1) is 9.52. The fourth-order valence-corrected chi connectivity index (χ4v) is 1.70. The number of amides is 1. The minimum atomic E-state index is 0.163. The average molecular weight is 171 g/mol. The van der Waals surface area contributed by atoms with Gasteiger partial charge in [0.2, 0.25) is 5.91 Å². The van der Waals surface area contributed by atoms with Crippen LogP contribution in [0.5, 0.6) is 0 Å². The van der Waals surface area contributed by atoms with E-state index in [0.29, 0.717) is 18.3 Å². The van der Waals surface area contributed by atoms with Crippen LogP contribution in [-0.2, 0) is 4.79 Å². The van der Waals surface area contributed by atoms with Crippen molar-refractivity contribution < 1.29 is 9.90 Å². The van der Waals surface area contributed by atoms with Crippen LogP contribution >= 0.6 is 0 Å². The van der Waals surface area contributed by atoms with Crippen LogP contribution in [0, 0.1) is 11.8 Å². The summed E-state index contributed by atoms with van der Waals surface area (Å²) in [5.41, 5.74) is 0. The molecule has 1 aliphatic heterocycles. The lowest BCUT2D eigenvalue weighted by Gasteiger charge is -2.23. The van der Waals surface area contributed by atoms with Gasteiger partial charge >= 0.3 is 0 Å². The van der Waals surface area contributed by atoms with E-state index in [1.807, 2.05) is 6.92 Å². The molecule has 2 N–H and O–H groups in total. The van der Waals surface area contributed by atoms with Gasteiger partial charge in [-0.1, -0.05) is 6.92 Å². The van der Waals surface area contributed by atoms with Crippen molar-refractivity contribution in [2.24, 2.45) is 11.8 Å². The Balaban J connectivity index is 2.27. The number of aliphatic hydroxyl groups is 1. The molecule has 1 fully saturated rings. The smallest absolute Gasteiger partial charge is 0.220 e. The van der Waals surface area contributed by atoms with E-state index in [9.17, 15) is 4.79 Å². The van der Waals surface area contributed by atoms with Gasteiger partial charge in [-0.25, -0.2) is 0 Å². The first-order valence-corrected chi connectivity index (χ1v) is 4.60. The van der Waals surface area contributed by atoms with Gasteiger partial charge in [-0.05, 0) is 24.7 Å². The average Bonchev–Trinajstić information content (AvgIpc) is 2.04. The van der Waals surface area contributed by atoms with Crippen LogP contribution in [0.15, 0.2) is 0 Å². The van der Waals surface area contributed by atoms with Crippen molar-refractivity contribution in [1.82, 2.24) is 5.32 Å². The molecule has 0 aliphatic carbocycles. The third-order valence-corrected chi connectivity index (χ3v) is 2.40. The lowest BCUT2D eigenvalue weighted by molar-refractivity contribution is -0.123. The van der Waals surface area contributed by atoms with E-state index in [2.05, 4.69) is 5.32 Å². The molecule has 1 heterocycles. The fraction of sp³-hybridized carbons (Fsp3) is 0.889. The molecule has 0 spiro atoms. The molecule has 1 saturated heterocycles. The third kappa shape index (κ3) is 2.81. The molecule has 1 aliphatic rings. The molecule has 0 radical (unpaired) electrons. The second-order valence-electron chi connectivity index (χ2n) is 3.73. The molecular formula is C9H17NO2. The van der Waals surface area contributed by atoms with E-state index in [-0.39, 0.29) is 12.5 Å². The van der Waals surface area contributed by atoms with Gasteiger partial charge in [0.1, 0.15) is 0 Å². The summed E-state index contributed by atoms with van der Waals surface area (Å²) in [7, 11) is 0. The molecular weight excluding hydrogens is 154 g/mol. The highest BCUT2D eigenvalue weighted by molar-refractivity contribution is 5.76. The van der Waals surface area contributed by atoms with Gasteiger partial charge < -0.3 is 10.4 Å². The van der Waals surface area contributed by atoms with Crippen LogP contribution < -0.4 is 5.32 Å². The molecule has 3 heteroatoms. The van der Waals surface area contributed by atoms with Crippen LogP contribution in [0.4, 0.5) is 0 Å². The zero-order chi connectivity index (χ0) is 8.97. The van der Waals surface area contributed by atoms with Crippen LogP contribution in [-0.4, -0.2) is 24.2 Å². The highest BCUT2D eigenvalue weighted by Crippen LogP contribution is 2.20. The third-order valence-electron chi connectivity index (χ3n) is 2.40. The second-order valence-corrected chi connectivity index (χ2v) is 3.73. The van der Waals surface area contributed by atoms with Gasteiger partial charge in [-0.2, -0.15) is 0 Å². The molecule has 2 unspecified atom stereocenters. The second kappa shape index (κ2) is 4.45. The Kier molecular flexibility index (Phi) is 3.53. The van der Waals surface area contributed by atoms with Crippen LogP contribution in [0.2, 0.25) is 0 Å². The van der Waals surface area contributed by atoms with Crippen LogP contribution in [0.25, 0.3) is 0 Å². The monoisotopic (exact) mass is 171 g/mol. The van der Waals surface area contributed by atoms with Gasteiger partial charge in [0, 0.05) is 19.6 Å². The van der Waals surface area contributed by atoms with E-state index in [1.165, 1.54) is 0 Å². The van der Waals surface area contributed by atoms with Crippen LogP contribution in [0.1, 0.15) is 26.2 Å². The highest BCUT2D eigenvalue weighted by atomic mass is 16.3. The molecule has 0 saturated carbocycles. The van der Waals surface area contributed by atoms with E-state index in [1.54, 1.807) is 0 Å². The Hall–Kier alpha value is -0.570. The van der Waals surface area contributed by atoms with Gasteiger partial charge in [0.15, 0.2) is 0 Å². The molecule has 70 valence electrons. The first-order chi connectivity index (χ1) is 5.72. The number of piperidine rings is 1. The van der Waals surface area contributed by atoms with E-state index >= 15 is 0 Å². The van der Waals surface area contributed by atoms with Gasteiger partial charge in [0.05, 0.1) is 0 Å². The Morgan fingerprint density at radius 2 is 2.50 bits per heavy atom. The minimum Gasteiger partial charge on any atom is -0.396 e. The highest BCUT2D eigenvalue weighted by Gasteiger charge is 2.20. The summed E-state index contributed by atoms with van der Waals surface area (Å²) in [6, 6.07) is 0. The lowest BCUT2D eigenvalue weighted by atomic mass is 9.88. The predicted octanol–water partition coefficient (Wildman–Crippen LogP) is 0.531. The summed E-state index contributed by atoms with van der Waals surface area (Å²) in [6.07, 6.45) is 2.68. The Morgan fingerprint density at radius 1 is 1.75 bits per heavy atom. The summed E-state index contributed by atoms with van der Waals surface area (Å²) in [4.78, 5) is 11.0. The quantitative estimate of drug-likeness (QED) is 0.650. The largest absolute Gasteiger partial charge is 0.396 e. The maximum atomic E-state index is 11.0. The Labute approximate surface area is 73.2 Å². The van der Waals surface area contributed by atoms with Gasteiger partial charge in [-0.3, -0.25) is 4.79 Å². The molecule has 1 amide bonds. The van der Waals surface area contributed by atoms with Crippen molar-refractivity contribution in [3.05, 3.63) is 0 Å². The van der Waals surface area contributed by atoms with Crippen molar-refractivity contribution in [2.45, 2.75) is 26.2 Å². The molecule has 2 atom stereocenters. The number of hydrogen-bond donors (Lipinski definition) is 2. The molecule has 1 rings (SSSR count). The zero-order valence-electron chi connectivity index (χ0n) is 7.55. The van der Waals surface area contributed by atoms with Crippen molar-refractivity contribution in [3.63, 3.8) is 0 Å². The fourth-order valence-electron chi connectivity index (χ4n) is 1.70. The normalized spacial score (nSPS) is 26.5. The first-order valence-electron chi connectivity index (χ1n) is 4.60. The number of rotatable bonds is 3. The maximum Gasteiger partial charge on any atom is 0.220 e. The Bertz CT molecular complexity index is 159. The summed E-state index contributed by atoms with van der Waals surface area (Å²) in [6.45, 7) is 3.06. The molecule has 12 heavy (non-hydrogen) atoms. The van der Waals surface area contributed by atoms with E-state index in [0.717, 1.165) is 19.4 Å².